The van der Waals surface area contributed by atoms with Crippen LogP contribution in [0.15, 0.2) is 11.6 Å². The molecule has 0 unspecified atom stereocenters. The quantitative estimate of drug-likeness (QED) is 0.524. The van der Waals surface area contributed by atoms with E-state index in [-0.39, 0.29) is 6.10 Å². The summed E-state index contributed by atoms with van der Waals surface area (Å²) in [4.78, 5) is 0. The second-order valence-electron chi connectivity index (χ2n) is 4.87. The lowest BCUT2D eigenvalue weighted by Crippen LogP contribution is -2.43. The first-order chi connectivity index (χ1) is 7.96. The average Bonchev–Trinajstić information content (AvgIpc) is 2.35. The fourth-order valence-corrected chi connectivity index (χ4v) is 5.19. The van der Waals surface area contributed by atoms with E-state index in [2.05, 4.69) is 33.8 Å². The van der Waals surface area contributed by atoms with Gasteiger partial charge in [-0.25, -0.2) is 0 Å². The van der Waals surface area contributed by atoms with Crippen LogP contribution < -0.4 is 0 Å². The molecule has 0 radical (unpaired) electrons. The molecule has 0 fully saturated rings. The Morgan fingerprint density at radius 2 is 1.65 bits per heavy atom. The lowest BCUT2D eigenvalue weighted by Gasteiger charge is -2.34. The standard InChI is InChI=1S/C14H30O2Si/c1-7-11-12(5)14(15)13(6)16-17(8-2,9-3)10-4/h11,13-15H,7-10H2,1-6H3/b12-11+/t13-,14-/m0/s1. The van der Waals surface area contributed by atoms with E-state index in [0.717, 1.165) is 30.1 Å². The first kappa shape index (κ1) is 16.9. The number of rotatable bonds is 8. The Morgan fingerprint density at radius 1 is 1.18 bits per heavy atom. The zero-order valence-corrected chi connectivity index (χ0v) is 13.4. The lowest BCUT2D eigenvalue weighted by molar-refractivity contribution is 0.0637. The molecule has 0 spiro atoms. The molecule has 0 aliphatic rings. The van der Waals surface area contributed by atoms with E-state index in [9.17, 15) is 5.11 Å². The minimum atomic E-state index is -1.60. The summed E-state index contributed by atoms with van der Waals surface area (Å²) in [6, 6.07) is 3.40. The number of hydrogen-bond acceptors (Lipinski definition) is 2. The molecule has 0 aromatic carbocycles. The molecule has 0 aliphatic heterocycles. The van der Waals surface area contributed by atoms with Crippen molar-refractivity contribution in [2.75, 3.05) is 0 Å². The first-order valence-corrected chi connectivity index (χ1v) is 9.51. The monoisotopic (exact) mass is 258 g/mol. The van der Waals surface area contributed by atoms with Crippen molar-refractivity contribution in [1.82, 2.24) is 0 Å². The van der Waals surface area contributed by atoms with Crippen LogP contribution in [0.4, 0.5) is 0 Å². The summed E-state index contributed by atoms with van der Waals surface area (Å²) in [5.41, 5.74) is 1.03. The molecule has 3 heteroatoms. The maximum atomic E-state index is 10.2. The van der Waals surface area contributed by atoms with Gasteiger partial charge in [-0.15, -0.1) is 0 Å². The second-order valence-corrected chi connectivity index (χ2v) is 9.59. The molecule has 0 aromatic rings. The second kappa shape index (κ2) is 8.06. The van der Waals surface area contributed by atoms with Crippen molar-refractivity contribution in [2.45, 2.75) is 78.3 Å². The van der Waals surface area contributed by atoms with E-state index < -0.39 is 14.4 Å². The maximum Gasteiger partial charge on any atom is 0.192 e. The minimum absolute atomic E-state index is 0.0793. The molecule has 102 valence electrons. The molecule has 0 amide bonds. The third-order valence-electron chi connectivity index (χ3n) is 3.81. The highest BCUT2D eigenvalue weighted by Crippen LogP contribution is 2.25. The Bertz CT molecular complexity index is 226. The van der Waals surface area contributed by atoms with Gasteiger partial charge in [0.25, 0.3) is 0 Å². The van der Waals surface area contributed by atoms with Gasteiger partial charge in [-0.05, 0) is 44.0 Å². The molecule has 17 heavy (non-hydrogen) atoms. The van der Waals surface area contributed by atoms with Gasteiger partial charge in [-0.1, -0.05) is 33.8 Å². The van der Waals surface area contributed by atoms with Gasteiger partial charge in [0, 0.05) is 0 Å². The van der Waals surface area contributed by atoms with E-state index in [4.69, 9.17) is 4.43 Å². The predicted octanol–water partition coefficient (Wildman–Crippen LogP) is 4.11. The van der Waals surface area contributed by atoms with E-state index >= 15 is 0 Å². The third-order valence-corrected chi connectivity index (χ3v) is 8.54. The van der Waals surface area contributed by atoms with E-state index in [1.54, 1.807) is 0 Å². The molecule has 0 saturated heterocycles. The SMILES string of the molecule is CC/C=C(\C)[C@H](O)[C@H](C)O[Si](CC)(CC)CC. The summed E-state index contributed by atoms with van der Waals surface area (Å²) in [6.07, 6.45) is 2.52. The largest absolute Gasteiger partial charge is 0.411 e. The Labute approximate surface area is 108 Å². The average molecular weight is 258 g/mol. The fraction of sp³-hybridized carbons (Fsp3) is 0.857. The molecular weight excluding hydrogens is 228 g/mol. The molecule has 0 aliphatic carbocycles. The normalized spacial score (nSPS) is 17.0. The highest BCUT2D eigenvalue weighted by Gasteiger charge is 2.32. The molecule has 2 atom stereocenters. The number of aliphatic hydroxyl groups excluding tert-OH is 1. The van der Waals surface area contributed by atoms with Gasteiger partial charge in [0.2, 0.25) is 0 Å². The Morgan fingerprint density at radius 3 is 2.00 bits per heavy atom. The van der Waals surface area contributed by atoms with Crippen molar-refractivity contribution in [1.29, 1.82) is 0 Å². The Kier molecular flexibility index (Phi) is 8.00. The van der Waals surface area contributed by atoms with Crippen molar-refractivity contribution in [3.8, 4) is 0 Å². The third kappa shape index (κ3) is 4.94. The maximum absolute atomic E-state index is 10.2. The summed E-state index contributed by atoms with van der Waals surface area (Å²) in [7, 11) is -1.60. The number of aliphatic hydroxyl groups is 1. The van der Waals surface area contributed by atoms with Crippen LogP contribution in [0.2, 0.25) is 18.1 Å². The van der Waals surface area contributed by atoms with Crippen molar-refractivity contribution in [3.05, 3.63) is 11.6 Å². The molecule has 0 bridgehead atoms. The topological polar surface area (TPSA) is 29.5 Å². The number of hydrogen-bond donors (Lipinski definition) is 1. The highest BCUT2D eigenvalue weighted by atomic mass is 28.4. The molecule has 1 N–H and O–H groups in total. The summed E-state index contributed by atoms with van der Waals surface area (Å²) in [6.45, 7) is 12.7. The van der Waals surface area contributed by atoms with Crippen molar-refractivity contribution in [2.24, 2.45) is 0 Å². The van der Waals surface area contributed by atoms with Gasteiger partial charge >= 0.3 is 0 Å². The Hall–Kier alpha value is -0.123. The summed E-state index contributed by atoms with van der Waals surface area (Å²) in [5.74, 6) is 0. The van der Waals surface area contributed by atoms with E-state index in [1.165, 1.54) is 0 Å². The van der Waals surface area contributed by atoms with Crippen LogP contribution in [-0.2, 0) is 4.43 Å². The molecule has 0 saturated carbocycles. The zero-order valence-electron chi connectivity index (χ0n) is 12.4. The van der Waals surface area contributed by atoms with Crippen LogP contribution in [0.25, 0.3) is 0 Å². The lowest BCUT2D eigenvalue weighted by atomic mass is 10.1. The molecule has 0 heterocycles. The van der Waals surface area contributed by atoms with E-state index in [0.29, 0.717) is 0 Å². The molecule has 0 rings (SSSR count). The summed E-state index contributed by atoms with van der Waals surface area (Å²) in [5, 5.41) is 10.2. The Balaban J connectivity index is 4.61. The molecule has 2 nitrogen and oxygen atoms in total. The highest BCUT2D eigenvalue weighted by molar-refractivity contribution is 6.73. The van der Waals surface area contributed by atoms with Gasteiger partial charge in [0.05, 0.1) is 12.2 Å². The predicted molar refractivity (Wildman–Crippen MR) is 77.8 cm³/mol. The van der Waals surface area contributed by atoms with Crippen molar-refractivity contribution >= 4 is 8.32 Å². The fourth-order valence-electron chi connectivity index (χ4n) is 2.27. The van der Waals surface area contributed by atoms with Gasteiger partial charge in [-0.3, -0.25) is 0 Å². The first-order valence-electron chi connectivity index (χ1n) is 6.98. The number of allylic oxidation sites excluding steroid dienone is 1. The van der Waals surface area contributed by atoms with Crippen molar-refractivity contribution in [3.63, 3.8) is 0 Å². The van der Waals surface area contributed by atoms with Gasteiger partial charge in [0.15, 0.2) is 8.32 Å². The van der Waals surface area contributed by atoms with Crippen molar-refractivity contribution < 1.29 is 9.53 Å². The van der Waals surface area contributed by atoms with Gasteiger partial charge in [0.1, 0.15) is 0 Å². The van der Waals surface area contributed by atoms with Gasteiger partial charge < -0.3 is 9.53 Å². The van der Waals surface area contributed by atoms with Crippen LogP contribution in [0.3, 0.4) is 0 Å². The molecular formula is C14H30O2Si. The zero-order chi connectivity index (χ0) is 13.5. The van der Waals surface area contributed by atoms with Crippen LogP contribution in [-0.4, -0.2) is 25.6 Å². The minimum Gasteiger partial charge on any atom is -0.411 e. The summed E-state index contributed by atoms with van der Waals surface area (Å²) >= 11 is 0. The van der Waals surface area contributed by atoms with Crippen LogP contribution in [0, 0.1) is 0 Å². The summed E-state index contributed by atoms with van der Waals surface area (Å²) < 4.78 is 6.26. The van der Waals surface area contributed by atoms with Crippen LogP contribution in [0.5, 0.6) is 0 Å². The van der Waals surface area contributed by atoms with Crippen LogP contribution >= 0.6 is 0 Å². The molecule has 0 aromatic heterocycles. The smallest absolute Gasteiger partial charge is 0.192 e. The van der Waals surface area contributed by atoms with Gasteiger partial charge in [-0.2, -0.15) is 0 Å². The van der Waals surface area contributed by atoms with Crippen LogP contribution in [0.1, 0.15) is 48.0 Å². The van der Waals surface area contributed by atoms with E-state index in [1.807, 2.05) is 13.8 Å².